The zero-order valence-corrected chi connectivity index (χ0v) is 11.9. The lowest BCUT2D eigenvalue weighted by Gasteiger charge is -2.26. The van der Waals surface area contributed by atoms with Crippen LogP contribution in [0.15, 0.2) is 16.6 Å². The first-order valence-electron chi connectivity index (χ1n) is 5.44. The predicted molar refractivity (Wildman–Crippen MR) is 68.0 cm³/mol. The van der Waals surface area contributed by atoms with Gasteiger partial charge in [-0.1, -0.05) is 0 Å². The smallest absolute Gasteiger partial charge is 0.152 e. The summed E-state index contributed by atoms with van der Waals surface area (Å²) in [6, 6.07) is 2.51. The van der Waals surface area contributed by atoms with Gasteiger partial charge < -0.3 is 0 Å². The van der Waals surface area contributed by atoms with Crippen molar-refractivity contribution >= 4 is 25.8 Å². The lowest BCUT2D eigenvalue weighted by Crippen LogP contribution is -2.40. The molecular weight excluding hydrogens is 328 g/mol. The molecule has 0 aromatic heterocycles. The first-order chi connectivity index (χ1) is 8.39. The highest BCUT2D eigenvalue weighted by molar-refractivity contribution is 9.10. The average Bonchev–Trinajstić information content (AvgIpc) is 2.32. The van der Waals surface area contributed by atoms with Gasteiger partial charge in [-0.25, -0.2) is 17.2 Å². The fraction of sp³-hybridized carbons (Fsp3) is 0.455. The third-order valence-electron chi connectivity index (χ3n) is 2.96. The monoisotopic (exact) mass is 339 g/mol. The normalized spacial score (nSPS) is 19.9. The summed E-state index contributed by atoms with van der Waals surface area (Å²) in [5, 5.41) is 0. The molecule has 1 aliphatic rings. The summed E-state index contributed by atoms with van der Waals surface area (Å²) in [7, 11) is -2.97. The van der Waals surface area contributed by atoms with Gasteiger partial charge in [0.05, 0.1) is 16.0 Å². The van der Waals surface area contributed by atoms with Gasteiger partial charge in [0.15, 0.2) is 9.84 Å². The summed E-state index contributed by atoms with van der Waals surface area (Å²) in [6.07, 6.45) is 0. The van der Waals surface area contributed by atoms with E-state index in [9.17, 15) is 17.2 Å². The Labute approximate surface area is 113 Å². The van der Waals surface area contributed by atoms with Crippen LogP contribution in [0.1, 0.15) is 5.56 Å². The van der Waals surface area contributed by atoms with Gasteiger partial charge in [-0.05, 0) is 28.1 Å². The first kappa shape index (κ1) is 13.9. The Morgan fingerprint density at radius 3 is 2.44 bits per heavy atom. The van der Waals surface area contributed by atoms with Gasteiger partial charge in [-0.15, -0.1) is 0 Å². The lowest BCUT2D eigenvalue weighted by molar-refractivity contribution is 0.278. The molecule has 0 bridgehead atoms. The van der Waals surface area contributed by atoms with E-state index in [-0.39, 0.29) is 28.1 Å². The molecule has 1 heterocycles. The number of hydrogen-bond acceptors (Lipinski definition) is 3. The number of nitrogens with zero attached hydrogens (tertiary/aromatic N) is 1. The van der Waals surface area contributed by atoms with Crippen molar-refractivity contribution in [2.24, 2.45) is 0 Å². The lowest BCUT2D eigenvalue weighted by atomic mass is 10.2. The first-order valence-corrected chi connectivity index (χ1v) is 8.05. The van der Waals surface area contributed by atoms with Crippen molar-refractivity contribution in [3.05, 3.63) is 33.8 Å². The van der Waals surface area contributed by atoms with Crippen LogP contribution in [0, 0.1) is 11.6 Å². The van der Waals surface area contributed by atoms with Gasteiger partial charge in [0.1, 0.15) is 11.6 Å². The maximum atomic E-state index is 13.7. The van der Waals surface area contributed by atoms with Crippen LogP contribution in [0.5, 0.6) is 0 Å². The van der Waals surface area contributed by atoms with E-state index >= 15 is 0 Å². The van der Waals surface area contributed by atoms with E-state index in [2.05, 4.69) is 15.9 Å². The van der Waals surface area contributed by atoms with Crippen molar-refractivity contribution in [1.29, 1.82) is 0 Å². The molecule has 1 aromatic carbocycles. The molecule has 0 unspecified atom stereocenters. The van der Waals surface area contributed by atoms with Gasteiger partial charge in [-0.2, -0.15) is 0 Å². The van der Waals surface area contributed by atoms with E-state index in [0.717, 1.165) is 0 Å². The second-order valence-corrected chi connectivity index (χ2v) is 7.41. The van der Waals surface area contributed by atoms with Crippen molar-refractivity contribution in [3.63, 3.8) is 0 Å². The van der Waals surface area contributed by atoms with Crippen molar-refractivity contribution in [2.45, 2.75) is 6.54 Å². The molecule has 0 atom stereocenters. The zero-order chi connectivity index (χ0) is 13.3. The van der Waals surface area contributed by atoms with E-state index in [1.54, 1.807) is 4.90 Å². The molecule has 7 heteroatoms. The molecule has 0 aliphatic carbocycles. The highest BCUT2D eigenvalue weighted by Crippen LogP contribution is 2.23. The van der Waals surface area contributed by atoms with Crippen molar-refractivity contribution in [3.8, 4) is 0 Å². The maximum Gasteiger partial charge on any atom is 0.152 e. The van der Waals surface area contributed by atoms with E-state index in [4.69, 9.17) is 0 Å². The second kappa shape index (κ2) is 5.22. The van der Waals surface area contributed by atoms with E-state index in [1.165, 1.54) is 12.1 Å². The molecule has 2 rings (SSSR count). The minimum Gasteiger partial charge on any atom is -0.297 e. The molecule has 1 saturated heterocycles. The molecule has 100 valence electrons. The number of rotatable bonds is 2. The van der Waals surface area contributed by atoms with Gasteiger partial charge in [0.2, 0.25) is 0 Å². The van der Waals surface area contributed by atoms with Gasteiger partial charge in [0, 0.05) is 25.2 Å². The third kappa shape index (κ3) is 3.07. The van der Waals surface area contributed by atoms with Crippen LogP contribution < -0.4 is 0 Å². The summed E-state index contributed by atoms with van der Waals surface area (Å²) in [5.41, 5.74) is -0.0244. The fourth-order valence-corrected chi connectivity index (χ4v) is 3.49. The molecule has 1 aromatic rings. The maximum absolute atomic E-state index is 13.7. The van der Waals surface area contributed by atoms with Gasteiger partial charge >= 0.3 is 0 Å². The Morgan fingerprint density at radius 1 is 1.22 bits per heavy atom. The Morgan fingerprint density at radius 2 is 1.83 bits per heavy atom. The second-order valence-electron chi connectivity index (χ2n) is 4.25. The fourth-order valence-electron chi connectivity index (χ4n) is 1.85. The number of benzene rings is 1. The zero-order valence-electron chi connectivity index (χ0n) is 9.50. The van der Waals surface area contributed by atoms with E-state index in [1.807, 2.05) is 0 Å². The van der Waals surface area contributed by atoms with Crippen molar-refractivity contribution in [1.82, 2.24) is 4.90 Å². The van der Waals surface area contributed by atoms with Crippen LogP contribution >= 0.6 is 15.9 Å². The summed E-state index contributed by atoms with van der Waals surface area (Å²) in [5.74, 6) is -1.14. The predicted octanol–water partition coefficient (Wildman–Crippen LogP) is 1.96. The Balaban J connectivity index is 2.14. The van der Waals surface area contributed by atoms with Crippen LogP contribution in [0.2, 0.25) is 0 Å². The van der Waals surface area contributed by atoms with Gasteiger partial charge in [0.25, 0.3) is 0 Å². The molecule has 3 nitrogen and oxygen atoms in total. The van der Waals surface area contributed by atoms with Crippen LogP contribution in [0.3, 0.4) is 0 Å². The minimum atomic E-state index is -2.97. The number of sulfone groups is 1. The summed E-state index contributed by atoms with van der Waals surface area (Å²) >= 11 is 3.01. The third-order valence-corrected chi connectivity index (χ3v) is 5.18. The van der Waals surface area contributed by atoms with E-state index < -0.39 is 21.5 Å². The topological polar surface area (TPSA) is 37.4 Å². The molecule has 18 heavy (non-hydrogen) atoms. The highest BCUT2D eigenvalue weighted by Gasteiger charge is 2.23. The van der Waals surface area contributed by atoms with Gasteiger partial charge in [-0.3, -0.25) is 4.90 Å². The van der Waals surface area contributed by atoms with Crippen LogP contribution in [-0.2, 0) is 16.4 Å². The average molecular weight is 340 g/mol. The highest BCUT2D eigenvalue weighted by atomic mass is 79.9. The summed E-state index contributed by atoms with van der Waals surface area (Å²) in [4.78, 5) is 1.75. The Kier molecular flexibility index (Phi) is 4.03. The Hall–Kier alpha value is -0.530. The molecule has 0 N–H and O–H groups in total. The summed E-state index contributed by atoms with van der Waals surface area (Å²) < 4.78 is 50.0. The van der Waals surface area contributed by atoms with Crippen molar-refractivity contribution < 1.29 is 17.2 Å². The molecule has 0 spiro atoms. The SMILES string of the molecule is O=S1(=O)CCN(Cc2c(F)ccc(Br)c2F)CC1. The number of hydrogen-bond donors (Lipinski definition) is 0. The molecule has 1 aliphatic heterocycles. The molecule has 0 radical (unpaired) electrons. The largest absolute Gasteiger partial charge is 0.297 e. The molecular formula is C11H12BrF2NO2S. The van der Waals surface area contributed by atoms with Crippen molar-refractivity contribution in [2.75, 3.05) is 24.6 Å². The standard InChI is InChI=1S/C11H12BrF2NO2S/c12-9-1-2-10(13)8(11(9)14)7-15-3-5-18(16,17)6-4-15/h1-2H,3-7H2. The molecule has 1 fully saturated rings. The van der Waals surface area contributed by atoms with Crippen LogP contribution in [-0.4, -0.2) is 37.9 Å². The number of halogens is 3. The summed E-state index contributed by atoms with van der Waals surface area (Å²) in [6.45, 7) is 0.716. The minimum absolute atomic E-state index is 0.0244. The molecule has 0 saturated carbocycles. The van der Waals surface area contributed by atoms with Crippen LogP contribution in [0.4, 0.5) is 8.78 Å². The quantitative estimate of drug-likeness (QED) is 0.773. The van der Waals surface area contributed by atoms with Crippen LogP contribution in [0.25, 0.3) is 0 Å². The Bertz CT molecular complexity index is 548. The molecule has 0 amide bonds. The van der Waals surface area contributed by atoms with E-state index in [0.29, 0.717) is 13.1 Å².